The maximum absolute atomic E-state index is 13.0. The van der Waals surface area contributed by atoms with Crippen molar-refractivity contribution in [3.8, 4) is 0 Å². The normalized spacial score (nSPS) is 17.1. The van der Waals surface area contributed by atoms with Gasteiger partial charge in [-0.3, -0.25) is 9.10 Å². The highest BCUT2D eigenvalue weighted by Gasteiger charge is 2.27. The van der Waals surface area contributed by atoms with Crippen molar-refractivity contribution >= 4 is 32.7 Å². The SMILES string of the molecule is CC(C)[C@H](Cn1nnc2ccccc21)NC(=O)c1cccc(N2CCCCS2(=O)=O)c1. The van der Waals surface area contributed by atoms with Crippen molar-refractivity contribution in [1.29, 1.82) is 0 Å². The van der Waals surface area contributed by atoms with Gasteiger partial charge in [0.05, 0.1) is 29.5 Å². The maximum atomic E-state index is 13.0. The summed E-state index contributed by atoms with van der Waals surface area (Å²) in [6, 6.07) is 14.4. The molecule has 4 rings (SSSR count). The first-order valence-electron chi connectivity index (χ1n) is 10.5. The number of aromatic nitrogens is 3. The third-order valence-corrected chi connectivity index (χ3v) is 7.53. The molecule has 0 unspecified atom stereocenters. The van der Waals surface area contributed by atoms with Gasteiger partial charge in [-0.1, -0.05) is 37.3 Å². The lowest BCUT2D eigenvalue weighted by Crippen LogP contribution is -2.42. The van der Waals surface area contributed by atoms with E-state index in [2.05, 4.69) is 15.6 Å². The summed E-state index contributed by atoms with van der Waals surface area (Å²) in [5.74, 6) is 0.0713. The molecule has 0 aliphatic carbocycles. The number of carbonyl (C=O) groups is 1. The summed E-state index contributed by atoms with van der Waals surface area (Å²) in [6.45, 7) is 5.02. The predicted octanol–water partition coefficient (Wildman–Crippen LogP) is 2.82. The summed E-state index contributed by atoms with van der Waals surface area (Å²) < 4.78 is 28.1. The van der Waals surface area contributed by atoms with Crippen LogP contribution in [0.5, 0.6) is 0 Å². The molecular formula is C22H27N5O3S. The number of nitrogens with one attached hydrogen (secondary N) is 1. The molecule has 1 atom stereocenters. The Morgan fingerprint density at radius 1 is 1.13 bits per heavy atom. The number of carbonyl (C=O) groups excluding carboxylic acids is 1. The van der Waals surface area contributed by atoms with E-state index in [0.717, 1.165) is 17.5 Å². The zero-order chi connectivity index (χ0) is 22.0. The number of fused-ring (bicyclic) bond motifs is 1. The predicted molar refractivity (Wildman–Crippen MR) is 120 cm³/mol. The largest absolute Gasteiger partial charge is 0.347 e. The molecule has 1 aliphatic heterocycles. The van der Waals surface area contributed by atoms with Crippen LogP contribution < -0.4 is 9.62 Å². The maximum Gasteiger partial charge on any atom is 0.251 e. The molecular weight excluding hydrogens is 414 g/mol. The summed E-state index contributed by atoms with van der Waals surface area (Å²) in [6.07, 6.45) is 1.49. The van der Waals surface area contributed by atoms with Gasteiger partial charge < -0.3 is 5.32 Å². The molecule has 9 heteroatoms. The molecule has 2 heterocycles. The minimum absolute atomic E-state index is 0.144. The van der Waals surface area contributed by atoms with Gasteiger partial charge in [-0.05, 0) is 49.1 Å². The van der Waals surface area contributed by atoms with Crippen molar-refractivity contribution in [3.05, 3.63) is 54.1 Å². The van der Waals surface area contributed by atoms with E-state index in [0.29, 0.717) is 30.8 Å². The highest BCUT2D eigenvalue weighted by atomic mass is 32.2. The average molecular weight is 442 g/mol. The number of anilines is 1. The van der Waals surface area contributed by atoms with Crippen molar-refractivity contribution in [3.63, 3.8) is 0 Å². The first-order valence-corrected chi connectivity index (χ1v) is 12.2. The minimum Gasteiger partial charge on any atom is -0.347 e. The van der Waals surface area contributed by atoms with Gasteiger partial charge in [0.2, 0.25) is 10.0 Å². The highest BCUT2D eigenvalue weighted by Crippen LogP contribution is 2.24. The van der Waals surface area contributed by atoms with Crippen LogP contribution in [-0.4, -0.2) is 47.7 Å². The number of nitrogens with zero attached hydrogens (tertiary/aromatic N) is 4. The highest BCUT2D eigenvalue weighted by molar-refractivity contribution is 7.92. The molecule has 1 N–H and O–H groups in total. The number of amides is 1. The number of sulfonamides is 1. The number of benzene rings is 2. The lowest BCUT2D eigenvalue weighted by molar-refractivity contribution is 0.0919. The smallest absolute Gasteiger partial charge is 0.251 e. The molecule has 0 spiro atoms. The Labute approximate surface area is 182 Å². The lowest BCUT2D eigenvalue weighted by atomic mass is 10.0. The fourth-order valence-corrected chi connectivity index (χ4v) is 5.43. The fourth-order valence-electron chi connectivity index (χ4n) is 3.79. The van der Waals surface area contributed by atoms with Crippen LogP contribution in [0.1, 0.15) is 37.0 Å². The second kappa shape index (κ2) is 8.66. The summed E-state index contributed by atoms with van der Waals surface area (Å²) in [5, 5.41) is 11.5. The van der Waals surface area contributed by atoms with Crippen molar-refractivity contribution < 1.29 is 13.2 Å². The Kier molecular flexibility index (Phi) is 5.95. The van der Waals surface area contributed by atoms with Gasteiger partial charge in [-0.15, -0.1) is 5.10 Å². The molecule has 0 saturated carbocycles. The molecule has 1 amide bonds. The molecule has 0 bridgehead atoms. The van der Waals surface area contributed by atoms with Crippen LogP contribution in [-0.2, 0) is 16.6 Å². The molecule has 31 heavy (non-hydrogen) atoms. The molecule has 2 aromatic carbocycles. The third kappa shape index (κ3) is 4.56. The first-order chi connectivity index (χ1) is 14.8. The molecule has 3 aromatic rings. The van der Waals surface area contributed by atoms with E-state index in [1.165, 1.54) is 4.31 Å². The molecule has 8 nitrogen and oxygen atoms in total. The van der Waals surface area contributed by atoms with Gasteiger partial charge in [0.1, 0.15) is 5.52 Å². The summed E-state index contributed by atoms with van der Waals surface area (Å²) >= 11 is 0. The molecule has 1 fully saturated rings. The van der Waals surface area contributed by atoms with Gasteiger partial charge in [0.25, 0.3) is 5.91 Å². The van der Waals surface area contributed by atoms with Gasteiger partial charge in [-0.2, -0.15) is 0 Å². The van der Waals surface area contributed by atoms with Crippen molar-refractivity contribution in [2.24, 2.45) is 5.92 Å². The van der Waals surface area contributed by atoms with Crippen LogP contribution in [0.2, 0.25) is 0 Å². The van der Waals surface area contributed by atoms with E-state index in [1.54, 1.807) is 28.9 Å². The van der Waals surface area contributed by atoms with Gasteiger partial charge in [0.15, 0.2) is 0 Å². The fraction of sp³-hybridized carbons (Fsp3) is 0.409. The topological polar surface area (TPSA) is 97.2 Å². The monoisotopic (exact) mass is 441 g/mol. The zero-order valence-corrected chi connectivity index (χ0v) is 18.5. The molecule has 164 valence electrons. The van der Waals surface area contributed by atoms with Crippen molar-refractivity contribution in [2.45, 2.75) is 39.3 Å². The number of hydrogen-bond acceptors (Lipinski definition) is 5. The second-order valence-electron chi connectivity index (χ2n) is 8.23. The van der Waals surface area contributed by atoms with E-state index in [-0.39, 0.29) is 23.6 Å². The number of rotatable bonds is 6. The van der Waals surface area contributed by atoms with Gasteiger partial charge in [-0.25, -0.2) is 13.1 Å². The molecule has 1 aromatic heterocycles. The summed E-state index contributed by atoms with van der Waals surface area (Å²) in [4.78, 5) is 13.0. The van der Waals surface area contributed by atoms with E-state index in [9.17, 15) is 13.2 Å². The van der Waals surface area contributed by atoms with Crippen LogP contribution in [0.3, 0.4) is 0 Å². The number of para-hydroxylation sites is 1. The van der Waals surface area contributed by atoms with Gasteiger partial charge >= 0.3 is 0 Å². The Hall–Kier alpha value is -2.94. The lowest BCUT2D eigenvalue weighted by Gasteiger charge is -2.28. The van der Waals surface area contributed by atoms with Crippen LogP contribution in [0.25, 0.3) is 11.0 Å². The van der Waals surface area contributed by atoms with Crippen LogP contribution in [0.15, 0.2) is 48.5 Å². The quantitative estimate of drug-likeness (QED) is 0.634. The standard InChI is InChI=1S/C22H27N5O3S/c1-16(2)20(15-26-21-11-4-3-10-19(21)24-25-26)23-22(28)17-8-7-9-18(14-17)27-12-5-6-13-31(27,29)30/h3-4,7-11,14,16,20H,5-6,12-13,15H2,1-2H3,(H,23,28)/t20-/m0/s1. The molecule has 0 radical (unpaired) electrons. The zero-order valence-electron chi connectivity index (χ0n) is 17.7. The number of hydrogen-bond donors (Lipinski definition) is 1. The van der Waals surface area contributed by atoms with Crippen molar-refractivity contribution in [1.82, 2.24) is 20.3 Å². The van der Waals surface area contributed by atoms with Gasteiger partial charge in [0, 0.05) is 12.1 Å². The summed E-state index contributed by atoms with van der Waals surface area (Å²) in [5.41, 5.74) is 2.70. The molecule has 1 saturated heterocycles. The second-order valence-corrected chi connectivity index (χ2v) is 10.2. The van der Waals surface area contributed by atoms with Crippen LogP contribution >= 0.6 is 0 Å². The minimum atomic E-state index is -3.33. The van der Waals surface area contributed by atoms with Crippen molar-refractivity contribution in [2.75, 3.05) is 16.6 Å². The first kappa shape index (κ1) is 21.3. The van der Waals surface area contributed by atoms with E-state index >= 15 is 0 Å². The third-order valence-electron chi connectivity index (χ3n) is 5.66. The average Bonchev–Trinajstić information content (AvgIpc) is 3.16. The summed E-state index contributed by atoms with van der Waals surface area (Å²) in [7, 11) is -3.33. The Morgan fingerprint density at radius 2 is 1.94 bits per heavy atom. The van der Waals surface area contributed by atoms with Crippen LogP contribution in [0, 0.1) is 5.92 Å². The Balaban J connectivity index is 1.53. The van der Waals surface area contributed by atoms with E-state index < -0.39 is 10.0 Å². The molecule has 1 aliphatic rings. The van der Waals surface area contributed by atoms with E-state index in [4.69, 9.17) is 0 Å². The Morgan fingerprint density at radius 3 is 2.71 bits per heavy atom. The van der Waals surface area contributed by atoms with E-state index in [1.807, 2.05) is 38.1 Å². The Bertz CT molecular complexity index is 1190. The van der Waals surface area contributed by atoms with Crippen LogP contribution in [0.4, 0.5) is 5.69 Å².